The lowest BCUT2D eigenvalue weighted by atomic mass is 10.3. The van der Waals surface area contributed by atoms with Crippen molar-refractivity contribution in [2.45, 2.75) is 0 Å². The predicted molar refractivity (Wildman–Crippen MR) is 54.5 cm³/mol. The average Bonchev–Trinajstić information content (AvgIpc) is 2.18. The maximum absolute atomic E-state index is 11.3. The van der Waals surface area contributed by atoms with Crippen molar-refractivity contribution in [2.24, 2.45) is 0 Å². The highest BCUT2D eigenvalue weighted by Gasteiger charge is 2.14. The Kier molecular flexibility index (Phi) is 2.97. The summed E-state index contributed by atoms with van der Waals surface area (Å²) in [7, 11) is -0.694. The molecule has 1 aromatic rings. The summed E-state index contributed by atoms with van der Waals surface area (Å²) in [6, 6.07) is 5.89. The van der Waals surface area contributed by atoms with Crippen molar-refractivity contribution in [3.63, 3.8) is 0 Å². The number of hydrogen-bond donors (Lipinski definition) is 2. The van der Waals surface area contributed by atoms with Crippen LogP contribution in [0.25, 0.3) is 0 Å². The molecule has 0 unspecified atom stereocenters. The number of benzene rings is 1. The van der Waals surface area contributed by atoms with Gasteiger partial charge in [-0.3, -0.25) is 4.31 Å². The third-order valence-corrected chi connectivity index (χ3v) is 3.28. The van der Waals surface area contributed by atoms with Crippen molar-refractivity contribution in [3.05, 3.63) is 24.3 Å². The fourth-order valence-corrected chi connectivity index (χ4v) is 1.61. The number of phenolic OH excluding ortho intramolecular Hbond substituents is 1. The summed E-state index contributed by atoms with van der Waals surface area (Å²) in [5, 5.41) is 9.01. The van der Waals surface area contributed by atoms with E-state index in [0.29, 0.717) is 5.69 Å². The summed E-state index contributed by atoms with van der Waals surface area (Å²) in [4.78, 5) is 0. The van der Waals surface area contributed by atoms with Gasteiger partial charge in [-0.15, -0.1) is 0 Å². The van der Waals surface area contributed by atoms with Crippen LogP contribution in [-0.2, 0) is 10.2 Å². The van der Waals surface area contributed by atoms with Crippen LogP contribution in [0.2, 0.25) is 0 Å². The summed E-state index contributed by atoms with van der Waals surface area (Å²) >= 11 is 0. The van der Waals surface area contributed by atoms with Crippen LogP contribution in [0, 0.1) is 0 Å². The number of rotatable bonds is 3. The average molecular weight is 216 g/mol. The van der Waals surface area contributed by atoms with Crippen molar-refractivity contribution in [1.82, 2.24) is 4.72 Å². The third kappa shape index (κ3) is 2.15. The van der Waals surface area contributed by atoms with Gasteiger partial charge in [-0.25, -0.2) is 4.72 Å². The molecule has 1 rings (SSSR count). The molecule has 0 atom stereocenters. The van der Waals surface area contributed by atoms with Gasteiger partial charge in [-0.2, -0.15) is 8.42 Å². The van der Waals surface area contributed by atoms with E-state index in [2.05, 4.69) is 4.72 Å². The van der Waals surface area contributed by atoms with Crippen LogP contribution in [0.3, 0.4) is 0 Å². The lowest BCUT2D eigenvalue weighted by Gasteiger charge is -2.18. The van der Waals surface area contributed by atoms with Crippen molar-refractivity contribution >= 4 is 15.9 Å². The van der Waals surface area contributed by atoms with Gasteiger partial charge in [0.15, 0.2) is 0 Å². The lowest BCUT2D eigenvalue weighted by molar-refractivity contribution is 0.475. The van der Waals surface area contributed by atoms with E-state index in [-0.39, 0.29) is 5.75 Å². The molecule has 0 amide bonds. The van der Waals surface area contributed by atoms with E-state index in [4.69, 9.17) is 5.11 Å². The molecule has 0 saturated carbocycles. The number of nitrogens with one attached hydrogen (secondary N) is 1. The maximum Gasteiger partial charge on any atom is 0.301 e. The largest absolute Gasteiger partial charge is 0.508 e. The molecule has 0 aliphatic rings. The van der Waals surface area contributed by atoms with Crippen molar-refractivity contribution in [1.29, 1.82) is 0 Å². The number of nitrogens with zero attached hydrogens (tertiary/aromatic N) is 1. The smallest absolute Gasteiger partial charge is 0.301 e. The molecule has 0 aromatic heterocycles. The SMILES string of the molecule is CNS(=O)(=O)N(C)c1ccc(O)cc1. The quantitative estimate of drug-likeness (QED) is 0.763. The maximum atomic E-state index is 11.3. The van der Waals surface area contributed by atoms with E-state index in [1.165, 1.54) is 38.4 Å². The first kappa shape index (κ1) is 10.8. The minimum atomic E-state index is -3.46. The van der Waals surface area contributed by atoms with E-state index >= 15 is 0 Å². The van der Waals surface area contributed by atoms with E-state index < -0.39 is 10.2 Å². The van der Waals surface area contributed by atoms with Gasteiger partial charge >= 0.3 is 10.2 Å². The van der Waals surface area contributed by atoms with Gasteiger partial charge in [0.05, 0.1) is 5.69 Å². The Morgan fingerprint density at radius 3 is 2.21 bits per heavy atom. The molecule has 78 valence electrons. The van der Waals surface area contributed by atoms with Gasteiger partial charge in [0.25, 0.3) is 0 Å². The molecular weight excluding hydrogens is 204 g/mol. The second kappa shape index (κ2) is 3.85. The predicted octanol–water partition coefficient (Wildman–Crippen LogP) is 0.293. The fourth-order valence-electron chi connectivity index (χ4n) is 0.938. The first-order chi connectivity index (χ1) is 6.47. The van der Waals surface area contributed by atoms with Crippen LogP contribution < -0.4 is 9.03 Å². The Bertz CT molecular complexity index is 399. The summed E-state index contributed by atoms with van der Waals surface area (Å²) < 4.78 is 26.0. The minimum absolute atomic E-state index is 0.101. The Morgan fingerprint density at radius 1 is 1.29 bits per heavy atom. The van der Waals surface area contributed by atoms with Crippen LogP contribution in [-0.4, -0.2) is 27.6 Å². The standard InChI is InChI=1S/C8H12N2O3S/c1-9-14(12,13)10(2)7-3-5-8(11)6-4-7/h3-6,9,11H,1-2H3. The Labute approximate surface area is 83.2 Å². The molecule has 0 aliphatic heterocycles. The van der Waals surface area contributed by atoms with Gasteiger partial charge in [-0.05, 0) is 24.3 Å². The third-order valence-electron chi connectivity index (χ3n) is 1.83. The number of aromatic hydroxyl groups is 1. The fraction of sp³-hybridized carbons (Fsp3) is 0.250. The molecule has 1 aromatic carbocycles. The molecule has 0 bridgehead atoms. The second-order valence-corrected chi connectivity index (χ2v) is 4.60. The number of anilines is 1. The zero-order chi connectivity index (χ0) is 10.8. The van der Waals surface area contributed by atoms with E-state index in [1.54, 1.807) is 0 Å². The van der Waals surface area contributed by atoms with Crippen LogP contribution in [0.5, 0.6) is 5.75 Å². The topological polar surface area (TPSA) is 69.6 Å². The van der Waals surface area contributed by atoms with Crippen LogP contribution >= 0.6 is 0 Å². The Morgan fingerprint density at radius 2 is 1.79 bits per heavy atom. The molecule has 0 aliphatic carbocycles. The van der Waals surface area contributed by atoms with Crippen molar-refractivity contribution in [3.8, 4) is 5.75 Å². The van der Waals surface area contributed by atoms with E-state index in [1.807, 2.05) is 0 Å². The highest BCUT2D eigenvalue weighted by atomic mass is 32.2. The zero-order valence-corrected chi connectivity index (χ0v) is 8.75. The van der Waals surface area contributed by atoms with E-state index in [0.717, 1.165) is 4.31 Å². The van der Waals surface area contributed by atoms with Gasteiger partial charge in [0, 0.05) is 14.1 Å². The summed E-state index contributed by atoms with van der Waals surface area (Å²) in [5.74, 6) is 0.101. The molecule has 0 radical (unpaired) electrons. The first-order valence-electron chi connectivity index (χ1n) is 3.94. The monoisotopic (exact) mass is 216 g/mol. The normalized spacial score (nSPS) is 11.3. The summed E-state index contributed by atoms with van der Waals surface area (Å²) in [5.41, 5.74) is 0.483. The van der Waals surface area contributed by atoms with Crippen LogP contribution in [0.4, 0.5) is 5.69 Å². The molecular formula is C8H12N2O3S. The molecule has 5 nitrogen and oxygen atoms in total. The minimum Gasteiger partial charge on any atom is -0.508 e. The Balaban J connectivity index is 3.01. The molecule has 0 spiro atoms. The lowest BCUT2D eigenvalue weighted by Crippen LogP contribution is -2.35. The molecule has 14 heavy (non-hydrogen) atoms. The molecule has 0 saturated heterocycles. The van der Waals surface area contributed by atoms with Crippen LogP contribution in [0.1, 0.15) is 0 Å². The second-order valence-electron chi connectivity index (χ2n) is 2.69. The molecule has 0 fully saturated rings. The molecule has 6 heteroatoms. The highest BCUT2D eigenvalue weighted by molar-refractivity contribution is 7.90. The van der Waals surface area contributed by atoms with Gasteiger partial charge < -0.3 is 5.11 Å². The van der Waals surface area contributed by atoms with Gasteiger partial charge in [-0.1, -0.05) is 0 Å². The van der Waals surface area contributed by atoms with Gasteiger partial charge in [0.2, 0.25) is 0 Å². The molecule has 2 N–H and O–H groups in total. The first-order valence-corrected chi connectivity index (χ1v) is 5.38. The number of hydrogen-bond acceptors (Lipinski definition) is 3. The van der Waals surface area contributed by atoms with Crippen LogP contribution in [0.15, 0.2) is 24.3 Å². The summed E-state index contributed by atoms with van der Waals surface area (Å²) in [6.07, 6.45) is 0. The highest BCUT2D eigenvalue weighted by Crippen LogP contribution is 2.18. The number of phenols is 1. The summed E-state index contributed by atoms with van der Waals surface area (Å²) in [6.45, 7) is 0. The van der Waals surface area contributed by atoms with E-state index in [9.17, 15) is 8.42 Å². The van der Waals surface area contributed by atoms with Crippen molar-refractivity contribution < 1.29 is 13.5 Å². The van der Waals surface area contributed by atoms with Gasteiger partial charge in [0.1, 0.15) is 5.75 Å². The zero-order valence-electron chi connectivity index (χ0n) is 7.93. The molecule has 0 heterocycles. The van der Waals surface area contributed by atoms with Crippen molar-refractivity contribution in [2.75, 3.05) is 18.4 Å². The Hall–Kier alpha value is -1.27.